The van der Waals surface area contributed by atoms with Crippen molar-refractivity contribution in [3.05, 3.63) is 42.0 Å². The van der Waals surface area contributed by atoms with Crippen LogP contribution in [0.2, 0.25) is 0 Å². The highest BCUT2D eigenvalue weighted by molar-refractivity contribution is 7.89. The molecule has 1 fully saturated rings. The Kier molecular flexibility index (Phi) is 4.41. The van der Waals surface area contributed by atoms with E-state index in [-0.39, 0.29) is 4.90 Å². The van der Waals surface area contributed by atoms with Gasteiger partial charge in [0.15, 0.2) is 0 Å². The summed E-state index contributed by atoms with van der Waals surface area (Å²) in [6.45, 7) is 2.36. The van der Waals surface area contributed by atoms with Gasteiger partial charge in [0, 0.05) is 37.0 Å². The van der Waals surface area contributed by atoms with Crippen molar-refractivity contribution >= 4 is 10.0 Å². The van der Waals surface area contributed by atoms with Crippen molar-refractivity contribution in [3.63, 3.8) is 0 Å². The van der Waals surface area contributed by atoms with Gasteiger partial charge in [0.05, 0.1) is 12.0 Å². The van der Waals surface area contributed by atoms with Gasteiger partial charge in [-0.25, -0.2) is 18.1 Å². The van der Waals surface area contributed by atoms with Gasteiger partial charge in [-0.15, -0.1) is 0 Å². The molecule has 0 radical (unpaired) electrons. The number of sulfonamides is 1. The molecular formula is C16H21N3O3S. The normalized spacial score (nSPS) is 14.9. The zero-order chi connectivity index (χ0) is 16.4. The molecule has 124 valence electrons. The van der Waals surface area contributed by atoms with E-state index in [1.807, 2.05) is 13.1 Å². The van der Waals surface area contributed by atoms with Crippen LogP contribution in [0, 0.1) is 6.92 Å². The molecule has 7 heteroatoms. The molecule has 2 aromatic rings. The third-order valence-corrected chi connectivity index (χ3v) is 5.42. The average Bonchev–Trinajstić information content (AvgIpc) is 3.31. The van der Waals surface area contributed by atoms with Gasteiger partial charge in [-0.2, -0.15) is 0 Å². The first-order valence-electron chi connectivity index (χ1n) is 7.67. The van der Waals surface area contributed by atoms with Crippen LogP contribution in [0.3, 0.4) is 0 Å². The van der Waals surface area contributed by atoms with Crippen molar-refractivity contribution in [2.45, 2.75) is 37.1 Å². The standard InChI is InChI=1S/C16H21N3O3S/c1-12-11-17-16(19(12)13-6-7-13)8-9-18-23(20,21)15-5-3-4-14(10-15)22-2/h3-5,10-11,13,18H,6-9H2,1-2H3. The molecule has 0 unspecified atom stereocenters. The van der Waals surface area contributed by atoms with Crippen LogP contribution >= 0.6 is 0 Å². The molecule has 3 rings (SSSR count). The number of nitrogens with zero attached hydrogens (tertiary/aromatic N) is 2. The van der Waals surface area contributed by atoms with Crippen molar-refractivity contribution in [2.24, 2.45) is 0 Å². The fourth-order valence-electron chi connectivity index (χ4n) is 2.66. The quantitative estimate of drug-likeness (QED) is 0.840. The van der Waals surface area contributed by atoms with Crippen LogP contribution in [0.1, 0.15) is 30.4 Å². The summed E-state index contributed by atoms with van der Waals surface area (Å²) in [6.07, 6.45) is 4.79. The van der Waals surface area contributed by atoms with Gasteiger partial charge in [-0.3, -0.25) is 0 Å². The van der Waals surface area contributed by atoms with Crippen LogP contribution in [-0.4, -0.2) is 31.6 Å². The van der Waals surface area contributed by atoms with Crippen molar-refractivity contribution in [2.75, 3.05) is 13.7 Å². The smallest absolute Gasteiger partial charge is 0.240 e. The molecular weight excluding hydrogens is 314 g/mol. The maximum Gasteiger partial charge on any atom is 0.240 e. The fraction of sp³-hybridized carbons (Fsp3) is 0.438. The largest absolute Gasteiger partial charge is 0.497 e. The van der Waals surface area contributed by atoms with Crippen LogP contribution in [0.5, 0.6) is 5.75 Å². The lowest BCUT2D eigenvalue weighted by Gasteiger charge is -2.10. The minimum atomic E-state index is -3.54. The van der Waals surface area contributed by atoms with E-state index in [0.717, 1.165) is 11.5 Å². The number of ether oxygens (including phenoxy) is 1. The van der Waals surface area contributed by atoms with Gasteiger partial charge in [-0.05, 0) is 31.9 Å². The molecule has 0 spiro atoms. The summed E-state index contributed by atoms with van der Waals surface area (Å²) in [5.74, 6) is 1.46. The molecule has 1 N–H and O–H groups in total. The van der Waals surface area contributed by atoms with Crippen molar-refractivity contribution in [1.82, 2.24) is 14.3 Å². The molecule has 1 aromatic heterocycles. The number of hydrogen-bond donors (Lipinski definition) is 1. The lowest BCUT2D eigenvalue weighted by atomic mass is 10.3. The molecule has 0 amide bonds. The predicted octanol–water partition coefficient (Wildman–Crippen LogP) is 2.06. The van der Waals surface area contributed by atoms with Gasteiger partial charge < -0.3 is 9.30 Å². The first-order chi connectivity index (χ1) is 11.0. The van der Waals surface area contributed by atoms with Crippen LogP contribution < -0.4 is 9.46 Å². The fourth-order valence-corrected chi connectivity index (χ4v) is 3.73. The summed E-state index contributed by atoms with van der Waals surface area (Å²) in [4.78, 5) is 4.61. The molecule has 1 aliphatic rings. The van der Waals surface area contributed by atoms with Gasteiger partial charge in [-0.1, -0.05) is 6.07 Å². The zero-order valence-electron chi connectivity index (χ0n) is 13.3. The first-order valence-corrected chi connectivity index (χ1v) is 9.16. The topological polar surface area (TPSA) is 73.2 Å². The maximum absolute atomic E-state index is 12.3. The van der Waals surface area contributed by atoms with Gasteiger partial charge in [0.25, 0.3) is 0 Å². The Morgan fingerprint density at radius 2 is 2.17 bits per heavy atom. The maximum atomic E-state index is 12.3. The van der Waals surface area contributed by atoms with E-state index in [0.29, 0.717) is 24.8 Å². The number of hydrogen-bond acceptors (Lipinski definition) is 4. The number of aromatic nitrogens is 2. The SMILES string of the molecule is COc1cccc(S(=O)(=O)NCCc2ncc(C)n2C2CC2)c1. The second-order valence-electron chi connectivity index (χ2n) is 5.74. The lowest BCUT2D eigenvalue weighted by Crippen LogP contribution is -2.26. The third-order valence-electron chi connectivity index (χ3n) is 3.96. The molecule has 0 bridgehead atoms. The van der Waals surface area contributed by atoms with Crippen LogP contribution in [0.15, 0.2) is 35.4 Å². The molecule has 1 aromatic carbocycles. The summed E-state index contributed by atoms with van der Waals surface area (Å²) in [7, 11) is -2.03. The highest BCUT2D eigenvalue weighted by atomic mass is 32.2. The number of methoxy groups -OCH3 is 1. The Morgan fingerprint density at radius 3 is 2.87 bits per heavy atom. The predicted molar refractivity (Wildman–Crippen MR) is 87.1 cm³/mol. The van der Waals surface area contributed by atoms with Gasteiger partial charge in [0.2, 0.25) is 10.0 Å². The Balaban J connectivity index is 1.65. The van der Waals surface area contributed by atoms with Gasteiger partial charge in [0.1, 0.15) is 11.6 Å². The van der Waals surface area contributed by atoms with E-state index in [2.05, 4.69) is 14.3 Å². The molecule has 1 aliphatic carbocycles. The number of benzene rings is 1. The summed E-state index contributed by atoms with van der Waals surface area (Å²) < 4.78 is 34.6. The Bertz CT molecular complexity index is 795. The Labute approximate surface area is 136 Å². The highest BCUT2D eigenvalue weighted by Crippen LogP contribution is 2.36. The molecule has 1 saturated carbocycles. The number of nitrogens with one attached hydrogen (secondary N) is 1. The Morgan fingerprint density at radius 1 is 1.39 bits per heavy atom. The second-order valence-corrected chi connectivity index (χ2v) is 7.51. The van der Waals surface area contributed by atoms with E-state index in [1.165, 1.54) is 26.0 Å². The van der Waals surface area contributed by atoms with Crippen LogP contribution in [0.4, 0.5) is 0 Å². The minimum absolute atomic E-state index is 0.207. The molecule has 0 aliphatic heterocycles. The van der Waals surface area contributed by atoms with Crippen molar-refractivity contribution in [3.8, 4) is 5.75 Å². The van der Waals surface area contributed by atoms with Crippen molar-refractivity contribution < 1.29 is 13.2 Å². The molecule has 23 heavy (non-hydrogen) atoms. The van der Waals surface area contributed by atoms with Gasteiger partial charge >= 0.3 is 0 Å². The van der Waals surface area contributed by atoms with E-state index in [1.54, 1.807) is 18.2 Å². The van der Waals surface area contributed by atoms with E-state index in [4.69, 9.17) is 4.74 Å². The lowest BCUT2D eigenvalue weighted by molar-refractivity contribution is 0.413. The third kappa shape index (κ3) is 3.56. The Hall–Kier alpha value is -1.86. The van der Waals surface area contributed by atoms with Crippen LogP contribution in [-0.2, 0) is 16.4 Å². The van der Waals surface area contributed by atoms with E-state index in [9.17, 15) is 8.42 Å². The number of rotatable bonds is 7. The van der Waals surface area contributed by atoms with Crippen molar-refractivity contribution in [1.29, 1.82) is 0 Å². The molecule has 0 atom stereocenters. The molecule has 6 nitrogen and oxygen atoms in total. The zero-order valence-corrected chi connectivity index (χ0v) is 14.1. The average molecular weight is 335 g/mol. The summed E-state index contributed by atoms with van der Waals surface area (Å²) >= 11 is 0. The van der Waals surface area contributed by atoms with E-state index < -0.39 is 10.0 Å². The molecule has 0 saturated heterocycles. The van der Waals surface area contributed by atoms with E-state index >= 15 is 0 Å². The highest BCUT2D eigenvalue weighted by Gasteiger charge is 2.27. The number of aryl methyl sites for hydroxylation is 1. The second kappa shape index (κ2) is 6.33. The number of imidazole rings is 1. The summed E-state index contributed by atoms with van der Waals surface area (Å²) in [6, 6.07) is 6.99. The minimum Gasteiger partial charge on any atom is -0.497 e. The monoisotopic (exact) mass is 335 g/mol. The molecule has 1 heterocycles. The summed E-state index contributed by atoms with van der Waals surface area (Å²) in [5, 5.41) is 0. The first kappa shape index (κ1) is 16.0. The summed E-state index contributed by atoms with van der Waals surface area (Å²) in [5.41, 5.74) is 1.14. The van der Waals surface area contributed by atoms with Crippen LogP contribution in [0.25, 0.3) is 0 Å².